The van der Waals surface area contributed by atoms with Gasteiger partial charge < -0.3 is 20.2 Å². The first-order chi connectivity index (χ1) is 19.8. The van der Waals surface area contributed by atoms with E-state index in [4.69, 9.17) is 9.53 Å². The molecule has 5 nitrogen and oxygen atoms in total. The lowest BCUT2D eigenvalue weighted by Gasteiger charge is -2.25. The van der Waals surface area contributed by atoms with E-state index >= 15 is 0 Å². The molecule has 1 atom stereocenters. The van der Waals surface area contributed by atoms with Gasteiger partial charge >= 0.3 is 12.4 Å². The summed E-state index contributed by atoms with van der Waals surface area (Å²) < 4.78 is 85.8. The van der Waals surface area contributed by atoms with Crippen molar-refractivity contribution in [3.05, 3.63) is 79.2 Å². The normalized spacial score (nSPS) is 12.6. The molecule has 2 rings (SSSR count). The third kappa shape index (κ3) is 16.7. The number of aromatic nitrogens is 1. The van der Waals surface area contributed by atoms with Crippen LogP contribution in [0.15, 0.2) is 79.2 Å². The van der Waals surface area contributed by atoms with Crippen LogP contribution in [0.25, 0.3) is 10.9 Å². The number of fused-ring (bicyclic) bond motifs is 1. The highest BCUT2D eigenvalue weighted by atomic mass is 19.4. The van der Waals surface area contributed by atoms with Crippen molar-refractivity contribution in [3.63, 3.8) is 0 Å². The van der Waals surface area contributed by atoms with Crippen LogP contribution in [0, 0.1) is 5.92 Å². The topological polar surface area (TPSA) is 71.3 Å². The van der Waals surface area contributed by atoms with E-state index in [0.29, 0.717) is 25.3 Å². The van der Waals surface area contributed by atoms with Crippen LogP contribution in [-0.2, 0) is 4.79 Å². The molecular weight excluding hydrogens is 560 g/mol. The van der Waals surface area contributed by atoms with E-state index in [9.17, 15) is 26.3 Å². The van der Waals surface area contributed by atoms with Gasteiger partial charge in [0.1, 0.15) is 12.0 Å². The summed E-state index contributed by atoms with van der Waals surface area (Å²) in [5.41, 5.74) is 4.17. The highest BCUT2D eigenvalue weighted by Crippen LogP contribution is 2.36. The van der Waals surface area contributed by atoms with Crippen LogP contribution in [-0.4, -0.2) is 54.8 Å². The fourth-order valence-corrected chi connectivity index (χ4v) is 3.49. The summed E-state index contributed by atoms with van der Waals surface area (Å²) in [6, 6.07) is 7.52. The third-order valence-electron chi connectivity index (χ3n) is 5.23. The van der Waals surface area contributed by atoms with Crippen molar-refractivity contribution in [2.75, 3.05) is 26.2 Å². The van der Waals surface area contributed by atoms with Crippen molar-refractivity contribution in [1.82, 2.24) is 9.88 Å². The lowest BCUT2D eigenvalue weighted by atomic mass is 9.98. The summed E-state index contributed by atoms with van der Waals surface area (Å²) in [5, 5.41) is 1.000. The molecule has 0 amide bonds. The maximum atomic E-state index is 13.7. The molecule has 0 radical (unpaired) electrons. The number of benzene rings is 1. The van der Waals surface area contributed by atoms with E-state index in [1.54, 1.807) is 17.9 Å². The van der Waals surface area contributed by atoms with E-state index in [2.05, 4.69) is 23.9 Å². The zero-order valence-corrected chi connectivity index (χ0v) is 25.1. The van der Waals surface area contributed by atoms with Gasteiger partial charge in [0.15, 0.2) is 0 Å². The Hall–Kier alpha value is -3.47. The summed E-state index contributed by atoms with van der Waals surface area (Å²) >= 11 is 0. The molecule has 238 valence electrons. The van der Waals surface area contributed by atoms with Gasteiger partial charge in [0.25, 0.3) is 0 Å². The number of nitrogens with two attached hydrogens (primary N) is 1. The number of hydrogen-bond donors (Lipinski definition) is 2. The molecule has 0 saturated heterocycles. The second-order valence-corrected chi connectivity index (χ2v) is 8.47. The Morgan fingerprint density at radius 1 is 1.14 bits per heavy atom. The van der Waals surface area contributed by atoms with Crippen LogP contribution in [0.1, 0.15) is 47.5 Å². The van der Waals surface area contributed by atoms with Gasteiger partial charge in [-0.3, -0.25) is 4.90 Å². The van der Waals surface area contributed by atoms with E-state index in [1.165, 1.54) is 19.2 Å². The van der Waals surface area contributed by atoms with Gasteiger partial charge in [-0.25, -0.2) is 0 Å². The van der Waals surface area contributed by atoms with Gasteiger partial charge in [0.2, 0.25) is 0 Å². The number of carbonyl (C=O) groups is 1. The van der Waals surface area contributed by atoms with E-state index in [0.717, 1.165) is 24.1 Å². The molecule has 2 aromatic rings. The van der Waals surface area contributed by atoms with Crippen LogP contribution in [0.3, 0.4) is 0 Å². The average Bonchev–Trinajstić information content (AvgIpc) is 3.38. The van der Waals surface area contributed by atoms with Gasteiger partial charge in [-0.05, 0) is 55.8 Å². The summed E-state index contributed by atoms with van der Waals surface area (Å²) in [5.74, 6) is -1.54. The Labute approximate surface area is 245 Å². The summed E-state index contributed by atoms with van der Waals surface area (Å²) in [6.07, 6.45) is -1.90. The van der Waals surface area contributed by atoms with Crippen LogP contribution in [0.4, 0.5) is 26.3 Å². The van der Waals surface area contributed by atoms with Crippen molar-refractivity contribution in [3.8, 4) is 5.75 Å². The number of aldehydes is 1. The quantitative estimate of drug-likeness (QED) is 0.0834. The number of allylic oxidation sites excluding steroid dienone is 2. The molecule has 0 saturated carbocycles. The molecule has 0 aliphatic carbocycles. The van der Waals surface area contributed by atoms with Gasteiger partial charge in [-0.15, -0.1) is 6.58 Å². The van der Waals surface area contributed by atoms with Gasteiger partial charge in [-0.1, -0.05) is 52.5 Å². The smallest absolute Gasteiger partial charge is 0.416 e. The van der Waals surface area contributed by atoms with E-state index < -0.39 is 23.8 Å². The molecule has 0 aliphatic rings. The lowest BCUT2D eigenvalue weighted by molar-refractivity contribution is -0.157. The van der Waals surface area contributed by atoms with Crippen LogP contribution in [0.2, 0.25) is 0 Å². The fraction of sp³-hybridized carbons (Fsp3) is 0.452. The molecule has 0 spiro atoms. The largest absolute Gasteiger partial charge is 0.494 e. The number of halogens is 6. The number of alkyl halides is 6. The first-order valence-electron chi connectivity index (χ1n) is 13.6. The monoisotopic (exact) mass is 605 g/mol. The molecule has 3 N–H and O–H groups in total. The number of ether oxygens (including phenoxy) is 1. The molecular formula is C31H45F6N3O2. The maximum Gasteiger partial charge on any atom is 0.416 e. The third-order valence-corrected chi connectivity index (χ3v) is 5.23. The molecule has 11 heteroatoms. The Morgan fingerprint density at radius 2 is 1.74 bits per heavy atom. The summed E-state index contributed by atoms with van der Waals surface area (Å²) in [6.45, 7) is 15.5. The van der Waals surface area contributed by atoms with Crippen molar-refractivity contribution in [2.45, 2.75) is 59.8 Å². The highest BCUT2D eigenvalue weighted by Gasteiger charge is 2.41. The van der Waals surface area contributed by atoms with Crippen LogP contribution >= 0.6 is 0 Å². The zero-order chi connectivity index (χ0) is 32.8. The molecule has 1 unspecified atom stereocenters. The molecule has 1 aromatic heterocycles. The molecule has 0 aliphatic heterocycles. The average molecular weight is 606 g/mol. The van der Waals surface area contributed by atoms with E-state index in [1.807, 2.05) is 44.3 Å². The fourth-order valence-electron chi connectivity index (χ4n) is 3.49. The van der Waals surface area contributed by atoms with Crippen LogP contribution < -0.4 is 10.5 Å². The van der Waals surface area contributed by atoms with E-state index in [-0.39, 0.29) is 31.2 Å². The van der Waals surface area contributed by atoms with Gasteiger partial charge in [-0.2, -0.15) is 26.3 Å². The Balaban J connectivity index is 0. The number of aromatic amines is 1. The standard InChI is InChI=1S/C25H30F6N2O.C2H5N.C2H4O.C2H6/c1-4-7-20(22(25(29,30)31)15-18(3)24(26,27)28)17-33(12-5-2)13-6-14-34-21-8-9-23-19(16-21)10-11-32-23;2*1-2-3;1-2/h5,7-11,15-16,18,32H,2,4,6,12-14,17H2,1,3H3;2H,1,3H2;2H,1H3;1-2H3/b20-7-,22-15+;;;. The highest BCUT2D eigenvalue weighted by molar-refractivity contribution is 5.80. The molecule has 1 heterocycles. The number of nitrogens with one attached hydrogen (secondary N) is 1. The number of carbonyl (C=O) groups excluding carboxylic acids is 1. The van der Waals surface area contributed by atoms with Crippen molar-refractivity contribution < 1.29 is 35.9 Å². The number of nitrogens with zero attached hydrogens (tertiary/aromatic N) is 1. The first kappa shape index (κ1) is 40.7. The number of hydrogen-bond acceptors (Lipinski definition) is 4. The predicted octanol–water partition coefficient (Wildman–Crippen LogP) is 8.77. The van der Waals surface area contributed by atoms with Crippen molar-refractivity contribution >= 4 is 17.2 Å². The Morgan fingerprint density at radius 3 is 2.24 bits per heavy atom. The predicted molar refractivity (Wildman–Crippen MR) is 160 cm³/mol. The minimum absolute atomic E-state index is 0.148. The Kier molecular flexibility index (Phi) is 21.5. The SMILES string of the molecule is C=CCN(CCCOc1ccc2[nH]ccc2c1)CC(=C/CC)/C(=C\C(C)C(F)(F)F)C(F)(F)F.C=CN.CC.CC=O. The maximum absolute atomic E-state index is 13.7. The minimum Gasteiger partial charge on any atom is -0.494 e. The molecule has 1 aromatic carbocycles. The Bertz CT molecular complexity index is 1080. The molecule has 42 heavy (non-hydrogen) atoms. The first-order valence-corrected chi connectivity index (χ1v) is 13.6. The molecule has 0 fully saturated rings. The summed E-state index contributed by atoms with van der Waals surface area (Å²) in [7, 11) is 0. The van der Waals surface area contributed by atoms with Gasteiger partial charge in [0.05, 0.1) is 18.1 Å². The zero-order valence-electron chi connectivity index (χ0n) is 25.1. The van der Waals surface area contributed by atoms with Gasteiger partial charge in [0, 0.05) is 36.7 Å². The number of rotatable bonds is 12. The second kappa shape index (κ2) is 22.2. The van der Waals surface area contributed by atoms with Crippen LogP contribution in [0.5, 0.6) is 5.75 Å². The number of H-pyrrole nitrogens is 1. The minimum atomic E-state index is -4.90. The second-order valence-electron chi connectivity index (χ2n) is 8.47. The molecule has 0 bridgehead atoms. The van der Waals surface area contributed by atoms with Crippen molar-refractivity contribution in [1.29, 1.82) is 0 Å². The van der Waals surface area contributed by atoms with Crippen molar-refractivity contribution in [2.24, 2.45) is 11.7 Å². The summed E-state index contributed by atoms with van der Waals surface area (Å²) in [4.78, 5) is 13.6. The lowest BCUT2D eigenvalue weighted by Crippen LogP contribution is -2.31.